The lowest BCUT2D eigenvalue weighted by Gasteiger charge is -2.59. The lowest BCUT2D eigenvalue weighted by Crippen LogP contribution is -2.56. The molecule has 6 rings (SSSR count). The molecule has 1 saturated heterocycles. The Morgan fingerprint density at radius 1 is 0.971 bits per heavy atom. The van der Waals surface area contributed by atoms with E-state index in [-0.39, 0.29) is 34.7 Å². The number of hydrogen-bond donors (Lipinski definition) is 0. The predicted molar refractivity (Wildman–Crippen MR) is 127 cm³/mol. The molecule has 1 aromatic carbocycles. The number of esters is 1. The standard InChI is InChI=1S/C29H36O5/c1-18-4-6-19(7-5-18)26(31)34-23-16-20-17-29(32-14-15-33-29)13-12-27(20,2)22-10-11-28(3)21(25(22)23)8-9-24(28)30/h4-7,16,21-23,25H,8-15,17H2,1-3H3/t21-,22-,23-,25-,27-,28-/m0/s1. The Morgan fingerprint density at radius 3 is 2.41 bits per heavy atom. The van der Waals surface area contributed by atoms with Gasteiger partial charge in [0.25, 0.3) is 0 Å². The van der Waals surface area contributed by atoms with Gasteiger partial charge in [-0.2, -0.15) is 0 Å². The van der Waals surface area contributed by atoms with Crippen molar-refractivity contribution >= 4 is 11.8 Å². The number of carbonyl (C=O) groups excluding carboxylic acids is 2. The van der Waals surface area contributed by atoms with Crippen LogP contribution < -0.4 is 0 Å². The highest BCUT2D eigenvalue weighted by atomic mass is 16.7. The summed E-state index contributed by atoms with van der Waals surface area (Å²) in [5, 5.41) is 0. The highest BCUT2D eigenvalue weighted by Crippen LogP contribution is 2.65. The van der Waals surface area contributed by atoms with Gasteiger partial charge in [0.2, 0.25) is 0 Å². The summed E-state index contributed by atoms with van der Waals surface area (Å²) in [4.78, 5) is 26.2. The summed E-state index contributed by atoms with van der Waals surface area (Å²) in [6.07, 6.45) is 8.07. The fourth-order valence-electron chi connectivity index (χ4n) is 8.08. The van der Waals surface area contributed by atoms with E-state index >= 15 is 0 Å². The van der Waals surface area contributed by atoms with E-state index in [0.717, 1.165) is 44.1 Å². The average molecular weight is 465 g/mol. The summed E-state index contributed by atoms with van der Waals surface area (Å²) >= 11 is 0. The maximum Gasteiger partial charge on any atom is 0.338 e. The van der Waals surface area contributed by atoms with Crippen LogP contribution in [0.3, 0.4) is 0 Å². The highest BCUT2D eigenvalue weighted by Gasteiger charge is 2.63. The van der Waals surface area contributed by atoms with Crippen molar-refractivity contribution in [1.82, 2.24) is 0 Å². The molecule has 0 N–H and O–H groups in total. The number of ether oxygens (including phenoxy) is 3. The molecule has 1 heterocycles. The van der Waals surface area contributed by atoms with E-state index in [1.54, 1.807) is 0 Å². The van der Waals surface area contributed by atoms with E-state index in [1.807, 2.05) is 31.2 Å². The van der Waals surface area contributed by atoms with Crippen molar-refractivity contribution in [3.05, 3.63) is 47.0 Å². The van der Waals surface area contributed by atoms with Crippen molar-refractivity contribution in [1.29, 1.82) is 0 Å². The molecule has 5 nitrogen and oxygen atoms in total. The minimum Gasteiger partial charge on any atom is -0.454 e. The summed E-state index contributed by atoms with van der Waals surface area (Å²) in [5.41, 5.74) is 2.76. The van der Waals surface area contributed by atoms with E-state index in [1.165, 1.54) is 5.57 Å². The summed E-state index contributed by atoms with van der Waals surface area (Å²) in [6.45, 7) is 7.86. The first-order valence-electron chi connectivity index (χ1n) is 13.0. The summed E-state index contributed by atoms with van der Waals surface area (Å²) in [6, 6.07) is 7.58. The largest absolute Gasteiger partial charge is 0.454 e. The molecule has 0 amide bonds. The molecular formula is C29H36O5. The van der Waals surface area contributed by atoms with Crippen molar-refractivity contribution in [2.24, 2.45) is 28.6 Å². The first-order chi connectivity index (χ1) is 16.2. The number of ketones is 1. The van der Waals surface area contributed by atoms with E-state index in [4.69, 9.17) is 14.2 Å². The molecule has 1 aliphatic heterocycles. The second-order valence-corrected chi connectivity index (χ2v) is 11.8. The van der Waals surface area contributed by atoms with Crippen LogP contribution in [-0.4, -0.2) is 36.9 Å². The van der Waals surface area contributed by atoms with E-state index in [0.29, 0.717) is 36.9 Å². The van der Waals surface area contributed by atoms with Crippen LogP contribution in [0.1, 0.15) is 74.7 Å². The lowest BCUT2D eigenvalue weighted by molar-refractivity contribution is -0.188. The molecule has 1 aromatic rings. The molecule has 0 unspecified atom stereocenters. The van der Waals surface area contributed by atoms with Crippen LogP contribution in [0.15, 0.2) is 35.9 Å². The molecule has 34 heavy (non-hydrogen) atoms. The Labute approximate surface area is 202 Å². The smallest absolute Gasteiger partial charge is 0.338 e. The van der Waals surface area contributed by atoms with Crippen LogP contribution in [0.4, 0.5) is 0 Å². The lowest BCUT2D eigenvalue weighted by atomic mass is 9.47. The maximum absolute atomic E-state index is 13.3. The van der Waals surface area contributed by atoms with Crippen molar-refractivity contribution in [3.8, 4) is 0 Å². The summed E-state index contributed by atoms with van der Waals surface area (Å²) in [7, 11) is 0. The first-order valence-corrected chi connectivity index (χ1v) is 13.0. The average Bonchev–Trinajstić information content (AvgIpc) is 3.39. The third-order valence-corrected chi connectivity index (χ3v) is 10.2. The van der Waals surface area contributed by atoms with Crippen LogP contribution in [0.2, 0.25) is 0 Å². The summed E-state index contributed by atoms with van der Waals surface area (Å²) < 4.78 is 18.5. The minimum atomic E-state index is -0.518. The van der Waals surface area contributed by atoms with E-state index in [9.17, 15) is 9.59 Å². The number of rotatable bonds is 2. The van der Waals surface area contributed by atoms with Gasteiger partial charge in [-0.25, -0.2) is 4.79 Å². The predicted octanol–water partition coefficient (Wildman–Crippen LogP) is 5.41. The third kappa shape index (κ3) is 3.26. The van der Waals surface area contributed by atoms with Crippen LogP contribution in [-0.2, 0) is 19.0 Å². The Morgan fingerprint density at radius 2 is 1.68 bits per heavy atom. The van der Waals surface area contributed by atoms with Crippen LogP contribution >= 0.6 is 0 Å². The number of benzene rings is 1. The number of hydrogen-bond acceptors (Lipinski definition) is 5. The molecule has 182 valence electrons. The summed E-state index contributed by atoms with van der Waals surface area (Å²) in [5.74, 6) is 0.434. The molecule has 0 radical (unpaired) electrons. The van der Waals surface area contributed by atoms with Gasteiger partial charge in [0.05, 0.1) is 18.8 Å². The molecular weight excluding hydrogens is 428 g/mol. The SMILES string of the molecule is Cc1ccc(C(=O)O[C@H]2C=C3CC4(CC[C@]3(C)[C@H]3CC[C@]5(C)C(=O)CC[C@H]5[C@H]23)OCCO4)cc1. The van der Waals surface area contributed by atoms with Gasteiger partial charge in [-0.15, -0.1) is 0 Å². The number of aryl methyl sites for hydroxylation is 1. The molecule has 3 saturated carbocycles. The second kappa shape index (κ2) is 7.76. The van der Waals surface area contributed by atoms with Crippen molar-refractivity contribution in [2.75, 3.05) is 13.2 Å². The second-order valence-electron chi connectivity index (χ2n) is 11.8. The molecule has 4 aliphatic carbocycles. The Kier molecular flexibility index (Phi) is 5.13. The van der Waals surface area contributed by atoms with Gasteiger partial charge >= 0.3 is 5.97 Å². The van der Waals surface area contributed by atoms with Crippen molar-refractivity contribution < 1.29 is 23.8 Å². The first kappa shape index (κ1) is 22.5. The van der Waals surface area contributed by atoms with E-state index in [2.05, 4.69) is 19.9 Å². The zero-order valence-corrected chi connectivity index (χ0v) is 20.6. The van der Waals surface area contributed by atoms with Gasteiger partial charge in [0.15, 0.2) is 5.79 Å². The van der Waals surface area contributed by atoms with Gasteiger partial charge in [-0.1, -0.05) is 37.1 Å². The molecule has 0 aromatic heterocycles. The molecule has 4 fully saturated rings. The Balaban J connectivity index is 1.39. The normalized spacial score (nSPS) is 40.3. The quantitative estimate of drug-likeness (QED) is 0.433. The number of fused-ring (bicyclic) bond motifs is 5. The highest BCUT2D eigenvalue weighted by molar-refractivity contribution is 5.90. The third-order valence-electron chi connectivity index (χ3n) is 10.2. The molecule has 1 spiro atoms. The van der Waals surface area contributed by atoms with Crippen LogP contribution in [0.25, 0.3) is 0 Å². The molecule has 0 bridgehead atoms. The molecule has 6 atom stereocenters. The number of carbonyl (C=O) groups is 2. The topological polar surface area (TPSA) is 61.8 Å². The van der Waals surface area contributed by atoms with Gasteiger partial charge in [-0.05, 0) is 68.1 Å². The Hall–Kier alpha value is -1.98. The molecule has 5 heteroatoms. The Bertz CT molecular complexity index is 1040. The zero-order valence-electron chi connectivity index (χ0n) is 20.6. The monoisotopic (exact) mass is 464 g/mol. The van der Waals surface area contributed by atoms with Gasteiger partial charge in [-0.3, -0.25) is 4.79 Å². The fourth-order valence-corrected chi connectivity index (χ4v) is 8.08. The zero-order chi connectivity index (χ0) is 23.7. The van der Waals surface area contributed by atoms with Gasteiger partial charge < -0.3 is 14.2 Å². The van der Waals surface area contributed by atoms with Crippen molar-refractivity contribution in [2.45, 2.75) is 77.6 Å². The van der Waals surface area contributed by atoms with Gasteiger partial charge in [0, 0.05) is 30.6 Å². The van der Waals surface area contributed by atoms with Crippen molar-refractivity contribution in [3.63, 3.8) is 0 Å². The number of Topliss-reactive ketones (excluding diaryl/α,β-unsaturated/α-hetero) is 1. The van der Waals surface area contributed by atoms with Crippen LogP contribution in [0.5, 0.6) is 0 Å². The maximum atomic E-state index is 13.3. The minimum absolute atomic E-state index is 0.0327. The molecule has 5 aliphatic rings. The van der Waals surface area contributed by atoms with Gasteiger partial charge in [0.1, 0.15) is 11.9 Å². The fraction of sp³-hybridized carbons (Fsp3) is 0.655. The van der Waals surface area contributed by atoms with Crippen LogP contribution in [0, 0.1) is 35.5 Å². The van der Waals surface area contributed by atoms with E-state index < -0.39 is 5.79 Å².